The summed E-state index contributed by atoms with van der Waals surface area (Å²) in [4.78, 5) is 11.6. The van der Waals surface area contributed by atoms with Crippen molar-refractivity contribution in [2.24, 2.45) is 0 Å². The average Bonchev–Trinajstić information content (AvgIpc) is 2.37. The van der Waals surface area contributed by atoms with Gasteiger partial charge in [0.05, 0.1) is 4.90 Å². The summed E-state index contributed by atoms with van der Waals surface area (Å²) in [5.74, 6) is 0.448. The lowest BCUT2D eigenvalue weighted by atomic mass is 10.3. The molecule has 10 heteroatoms. The van der Waals surface area contributed by atoms with E-state index in [0.717, 1.165) is 0 Å². The Labute approximate surface area is 126 Å². The molecular formula is C11H12ClN5O3S. The minimum absolute atomic E-state index is 0.00520. The van der Waals surface area contributed by atoms with Crippen molar-refractivity contribution in [3.8, 4) is 0 Å². The number of anilines is 3. The molecule has 0 saturated heterocycles. The fourth-order valence-corrected chi connectivity index (χ4v) is 2.19. The molecule has 0 bridgehead atoms. The molecular weight excluding hydrogens is 318 g/mol. The largest absolute Gasteiger partial charge is 0.354 e. The molecule has 0 fully saturated rings. The van der Waals surface area contributed by atoms with Gasteiger partial charge in [-0.25, -0.2) is 0 Å². The minimum atomic E-state index is -4.27. The van der Waals surface area contributed by atoms with E-state index in [0.29, 0.717) is 18.2 Å². The highest BCUT2D eigenvalue weighted by atomic mass is 35.5. The summed E-state index contributed by atoms with van der Waals surface area (Å²) in [5, 5.41) is 5.68. The Hall–Kier alpha value is -1.97. The number of nitrogens with zero attached hydrogens (tertiary/aromatic N) is 3. The molecule has 2 aromatic rings. The number of hydrogen-bond acceptors (Lipinski definition) is 7. The summed E-state index contributed by atoms with van der Waals surface area (Å²) in [6.45, 7) is 2.48. The van der Waals surface area contributed by atoms with Gasteiger partial charge in [0.1, 0.15) is 0 Å². The first kappa shape index (κ1) is 15.4. The van der Waals surface area contributed by atoms with Crippen molar-refractivity contribution < 1.29 is 13.0 Å². The summed E-state index contributed by atoms with van der Waals surface area (Å²) in [6.07, 6.45) is 0. The van der Waals surface area contributed by atoms with Gasteiger partial charge in [-0.3, -0.25) is 4.55 Å². The molecule has 1 heterocycles. The van der Waals surface area contributed by atoms with Gasteiger partial charge in [0.15, 0.2) is 0 Å². The van der Waals surface area contributed by atoms with Gasteiger partial charge in [-0.2, -0.15) is 23.4 Å². The minimum Gasteiger partial charge on any atom is -0.354 e. The molecule has 8 nitrogen and oxygen atoms in total. The Morgan fingerprint density at radius 2 is 1.95 bits per heavy atom. The van der Waals surface area contributed by atoms with Crippen LogP contribution in [0.2, 0.25) is 5.28 Å². The van der Waals surface area contributed by atoms with Gasteiger partial charge in [-0.1, -0.05) is 6.07 Å². The Morgan fingerprint density at radius 1 is 1.24 bits per heavy atom. The lowest BCUT2D eigenvalue weighted by molar-refractivity contribution is 0.483. The van der Waals surface area contributed by atoms with Gasteiger partial charge in [-0.05, 0) is 36.7 Å². The van der Waals surface area contributed by atoms with Crippen LogP contribution in [0.15, 0.2) is 29.2 Å². The fourth-order valence-electron chi connectivity index (χ4n) is 1.51. The lowest BCUT2D eigenvalue weighted by Crippen LogP contribution is -2.07. The van der Waals surface area contributed by atoms with Gasteiger partial charge in [0.25, 0.3) is 10.1 Å². The molecule has 2 rings (SSSR count). The molecule has 0 unspecified atom stereocenters. The Bertz CT molecular complexity index is 753. The average molecular weight is 330 g/mol. The maximum absolute atomic E-state index is 11.1. The number of nitrogens with one attached hydrogen (secondary N) is 2. The monoisotopic (exact) mass is 329 g/mol. The maximum atomic E-state index is 11.1. The Balaban J connectivity index is 2.30. The highest BCUT2D eigenvalue weighted by Crippen LogP contribution is 2.19. The normalized spacial score (nSPS) is 11.2. The molecule has 21 heavy (non-hydrogen) atoms. The van der Waals surface area contributed by atoms with Crippen LogP contribution in [0.5, 0.6) is 0 Å². The van der Waals surface area contributed by atoms with Crippen LogP contribution in [-0.2, 0) is 10.1 Å². The third-order valence-electron chi connectivity index (χ3n) is 2.33. The summed E-state index contributed by atoms with van der Waals surface area (Å²) < 4.78 is 31.2. The van der Waals surface area contributed by atoms with Gasteiger partial charge in [-0.15, -0.1) is 0 Å². The van der Waals surface area contributed by atoms with Crippen molar-refractivity contribution in [2.75, 3.05) is 17.2 Å². The zero-order valence-electron chi connectivity index (χ0n) is 10.9. The van der Waals surface area contributed by atoms with Gasteiger partial charge < -0.3 is 10.6 Å². The van der Waals surface area contributed by atoms with E-state index in [1.807, 2.05) is 6.92 Å². The van der Waals surface area contributed by atoms with E-state index in [-0.39, 0.29) is 16.1 Å². The van der Waals surface area contributed by atoms with Gasteiger partial charge >= 0.3 is 0 Å². The highest BCUT2D eigenvalue weighted by Gasteiger charge is 2.11. The van der Waals surface area contributed by atoms with Crippen molar-refractivity contribution in [3.05, 3.63) is 29.5 Å². The second-order valence-electron chi connectivity index (χ2n) is 3.91. The molecule has 112 valence electrons. The molecule has 0 aliphatic heterocycles. The van der Waals surface area contributed by atoms with Gasteiger partial charge in [0, 0.05) is 12.2 Å². The van der Waals surface area contributed by atoms with E-state index < -0.39 is 10.1 Å². The van der Waals surface area contributed by atoms with Crippen molar-refractivity contribution in [3.63, 3.8) is 0 Å². The second kappa shape index (κ2) is 6.20. The SMILES string of the molecule is CCNc1nc(Cl)nc(Nc2cccc(S(=O)(=O)O)c2)n1. The van der Waals surface area contributed by atoms with Crippen LogP contribution in [-0.4, -0.2) is 34.5 Å². The zero-order chi connectivity index (χ0) is 15.5. The maximum Gasteiger partial charge on any atom is 0.294 e. The second-order valence-corrected chi connectivity index (χ2v) is 5.67. The highest BCUT2D eigenvalue weighted by molar-refractivity contribution is 7.85. The lowest BCUT2D eigenvalue weighted by Gasteiger charge is -2.08. The number of hydrogen-bond donors (Lipinski definition) is 3. The molecule has 0 aliphatic rings. The van der Waals surface area contributed by atoms with Crippen LogP contribution in [0.4, 0.5) is 17.6 Å². The van der Waals surface area contributed by atoms with Gasteiger partial charge in [0.2, 0.25) is 17.2 Å². The van der Waals surface area contributed by atoms with Crippen molar-refractivity contribution >= 4 is 39.3 Å². The summed E-state index contributed by atoms with van der Waals surface area (Å²) >= 11 is 5.78. The Morgan fingerprint density at radius 3 is 2.62 bits per heavy atom. The topological polar surface area (TPSA) is 117 Å². The number of halogens is 1. The fraction of sp³-hybridized carbons (Fsp3) is 0.182. The van der Waals surface area contributed by atoms with Crippen LogP contribution < -0.4 is 10.6 Å². The molecule has 0 radical (unpaired) electrons. The molecule has 1 aromatic carbocycles. The third kappa shape index (κ3) is 4.25. The molecule has 0 saturated carbocycles. The Kier molecular flexibility index (Phi) is 4.56. The first-order valence-electron chi connectivity index (χ1n) is 5.88. The van der Waals surface area contributed by atoms with Crippen molar-refractivity contribution in [1.82, 2.24) is 15.0 Å². The molecule has 0 amide bonds. The van der Waals surface area contributed by atoms with Crippen LogP contribution in [0.3, 0.4) is 0 Å². The van der Waals surface area contributed by atoms with E-state index >= 15 is 0 Å². The number of aromatic nitrogens is 3. The smallest absolute Gasteiger partial charge is 0.294 e. The quantitative estimate of drug-likeness (QED) is 0.712. The van der Waals surface area contributed by atoms with E-state index in [1.54, 1.807) is 6.07 Å². The molecule has 0 spiro atoms. The van der Waals surface area contributed by atoms with Crippen LogP contribution in [0.25, 0.3) is 0 Å². The predicted molar refractivity (Wildman–Crippen MR) is 78.5 cm³/mol. The van der Waals surface area contributed by atoms with Crippen LogP contribution in [0.1, 0.15) is 6.92 Å². The summed E-state index contributed by atoms with van der Waals surface area (Å²) in [5.41, 5.74) is 0.384. The first-order valence-corrected chi connectivity index (χ1v) is 7.70. The third-order valence-corrected chi connectivity index (χ3v) is 3.35. The molecule has 0 aliphatic carbocycles. The van der Waals surface area contributed by atoms with E-state index in [1.165, 1.54) is 18.2 Å². The standard InChI is InChI=1S/C11H12ClN5O3S/c1-2-13-10-15-9(12)16-11(17-10)14-7-4-3-5-8(6-7)21(18,19)20/h3-6H,2H2,1H3,(H,18,19,20)(H2,13,14,15,16,17). The number of rotatable bonds is 5. The van der Waals surface area contributed by atoms with E-state index in [9.17, 15) is 8.42 Å². The van der Waals surface area contributed by atoms with Crippen molar-refractivity contribution in [1.29, 1.82) is 0 Å². The molecule has 3 N–H and O–H groups in total. The van der Waals surface area contributed by atoms with E-state index in [2.05, 4.69) is 25.6 Å². The zero-order valence-corrected chi connectivity index (χ0v) is 12.5. The van der Waals surface area contributed by atoms with Crippen LogP contribution >= 0.6 is 11.6 Å². The predicted octanol–water partition coefficient (Wildman–Crippen LogP) is 1.95. The summed E-state index contributed by atoms with van der Waals surface area (Å²) in [7, 11) is -4.27. The summed E-state index contributed by atoms with van der Waals surface area (Å²) in [6, 6.07) is 5.59. The van der Waals surface area contributed by atoms with E-state index in [4.69, 9.17) is 16.2 Å². The molecule has 0 atom stereocenters. The van der Waals surface area contributed by atoms with Crippen molar-refractivity contribution in [2.45, 2.75) is 11.8 Å². The number of benzene rings is 1. The van der Waals surface area contributed by atoms with Crippen LogP contribution in [0, 0.1) is 0 Å². The molecule has 1 aromatic heterocycles. The first-order chi connectivity index (χ1) is 9.88.